The Balaban J connectivity index is 2.33. The van der Waals surface area contributed by atoms with Gasteiger partial charge in [-0.15, -0.1) is 0 Å². The molecule has 0 spiro atoms. The molecule has 2 rings (SSSR count). The topological polar surface area (TPSA) is 41.5 Å². The van der Waals surface area contributed by atoms with Crippen LogP contribution in [0.5, 0.6) is 5.75 Å². The average Bonchev–Trinajstić information content (AvgIpc) is 2.19. The molecule has 2 atom stereocenters. The Hall–Kier alpha value is -1.22. The second kappa shape index (κ2) is 3.74. The molecule has 3 heteroatoms. The molecule has 3 nitrogen and oxygen atoms in total. The molecule has 0 bridgehead atoms. The van der Waals surface area contributed by atoms with E-state index in [2.05, 4.69) is 25.2 Å². The summed E-state index contributed by atoms with van der Waals surface area (Å²) in [5.41, 5.74) is 2.12. The van der Waals surface area contributed by atoms with Gasteiger partial charge in [0.1, 0.15) is 11.9 Å². The van der Waals surface area contributed by atoms with Crippen molar-refractivity contribution in [1.29, 1.82) is 0 Å². The number of ether oxygens (including phenoxy) is 1. The number of aliphatic hydroxyl groups excluding tert-OH is 1. The van der Waals surface area contributed by atoms with Gasteiger partial charge in [0.25, 0.3) is 0 Å². The van der Waals surface area contributed by atoms with Crippen molar-refractivity contribution in [3.8, 4) is 5.75 Å². The number of nitrogens with one attached hydrogen (secondary N) is 1. The highest BCUT2D eigenvalue weighted by Crippen LogP contribution is 2.33. The Morgan fingerprint density at radius 2 is 2.13 bits per heavy atom. The number of hydrogen-bond acceptors (Lipinski definition) is 3. The Labute approximate surface area is 90.1 Å². The van der Waals surface area contributed by atoms with Crippen molar-refractivity contribution in [3.63, 3.8) is 0 Å². The number of fused-ring (bicyclic) bond motifs is 1. The Morgan fingerprint density at radius 1 is 1.40 bits per heavy atom. The summed E-state index contributed by atoms with van der Waals surface area (Å²) in [5, 5.41) is 12.7. The van der Waals surface area contributed by atoms with Gasteiger partial charge >= 0.3 is 0 Å². The summed E-state index contributed by atoms with van der Waals surface area (Å²) >= 11 is 0. The number of aliphatic hydroxyl groups is 1. The van der Waals surface area contributed by atoms with Gasteiger partial charge in [0.15, 0.2) is 6.23 Å². The van der Waals surface area contributed by atoms with Gasteiger partial charge in [-0.3, -0.25) is 0 Å². The van der Waals surface area contributed by atoms with Gasteiger partial charge < -0.3 is 15.2 Å². The van der Waals surface area contributed by atoms with Crippen LogP contribution in [-0.4, -0.2) is 17.4 Å². The minimum Gasteiger partial charge on any atom is -0.484 e. The third kappa shape index (κ3) is 1.92. The smallest absolute Gasteiger partial charge is 0.161 e. The van der Waals surface area contributed by atoms with E-state index in [4.69, 9.17) is 4.74 Å². The Morgan fingerprint density at radius 3 is 2.80 bits per heavy atom. The second-order valence-electron chi connectivity index (χ2n) is 4.32. The van der Waals surface area contributed by atoms with Gasteiger partial charge in [-0.25, -0.2) is 0 Å². The van der Waals surface area contributed by atoms with Crippen molar-refractivity contribution < 1.29 is 9.84 Å². The standard InChI is InChI=1S/C12H17NO2/c1-7(2)9-4-5-11-10(6-9)13-12(14)8(3)15-11/h4-8,12-14H,1-3H3. The van der Waals surface area contributed by atoms with Crippen LogP contribution in [-0.2, 0) is 0 Å². The van der Waals surface area contributed by atoms with Gasteiger partial charge in [-0.2, -0.15) is 0 Å². The van der Waals surface area contributed by atoms with Crippen LogP contribution in [0.2, 0.25) is 0 Å². The maximum absolute atomic E-state index is 9.62. The highest BCUT2D eigenvalue weighted by Gasteiger charge is 2.23. The van der Waals surface area contributed by atoms with Crippen molar-refractivity contribution in [3.05, 3.63) is 23.8 Å². The van der Waals surface area contributed by atoms with Gasteiger partial charge in [0.05, 0.1) is 5.69 Å². The zero-order valence-electron chi connectivity index (χ0n) is 9.32. The van der Waals surface area contributed by atoms with Gasteiger partial charge in [-0.05, 0) is 30.5 Å². The first-order valence-corrected chi connectivity index (χ1v) is 5.33. The molecule has 0 radical (unpaired) electrons. The van der Waals surface area contributed by atoms with Crippen LogP contribution in [0.4, 0.5) is 5.69 Å². The lowest BCUT2D eigenvalue weighted by molar-refractivity contribution is 0.0569. The average molecular weight is 207 g/mol. The molecular formula is C12H17NO2. The Kier molecular flexibility index (Phi) is 2.57. The van der Waals surface area contributed by atoms with Gasteiger partial charge in [-0.1, -0.05) is 19.9 Å². The van der Waals surface area contributed by atoms with Crippen LogP contribution in [0.3, 0.4) is 0 Å². The molecule has 0 saturated carbocycles. The molecule has 0 fully saturated rings. The van der Waals surface area contributed by atoms with Crippen LogP contribution < -0.4 is 10.1 Å². The van der Waals surface area contributed by atoms with Crippen LogP contribution in [0, 0.1) is 0 Å². The predicted molar refractivity (Wildman–Crippen MR) is 60.3 cm³/mol. The SMILES string of the molecule is CC(C)c1ccc2c(c1)NC(O)C(C)O2. The third-order valence-corrected chi connectivity index (χ3v) is 2.73. The van der Waals surface area contributed by atoms with E-state index in [1.54, 1.807) is 0 Å². The Bertz CT molecular complexity index is 363. The number of rotatable bonds is 1. The van der Waals surface area contributed by atoms with Crippen molar-refractivity contribution in [1.82, 2.24) is 0 Å². The highest BCUT2D eigenvalue weighted by molar-refractivity contribution is 5.60. The normalized spacial score (nSPS) is 24.3. The molecular weight excluding hydrogens is 190 g/mol. The summed E-state index contributed by atoms with van der Waals surface area (Å²) in [5.74, 6) is 1.30. The molecule has 0 saturated heterocycles. The molecule has 0 aliphatic carbocycles. The molecule has 1 aromatic carbocycles. The number of anilines is 1. The van der Waals surface area contributed by atoms with Crippen LogP contribution in [0.15, 0.2) is 18.2 Å². The molecule has 82 valence electrons. The van der Waals surface area contributed by atoms with Gasteiger partial charge in [0, 0.05) is 0 Å². The molecule has 1 aromatic rings. The van der Waals surface area contributed by atoms with Crippen molar-refractivity contribution in [2.45, 2.75) is 39.0 Å². The van der Waals surface area contributed by atoms with E-state index in [1.807, 2.05) is 19.1 Å². The third-order valence-electron chi connectivity index (χ3n) is 2.73. The van der Waals surface area contributed by atoms with E-state index in [1.165, 1.54) is 5.56 Å². The molecule has 15 heavy (non-hydrogen) atoms. The van der Waals surface area contributed by atoms with E-state index >= 15 is 0 Å². The van der Waals surface area contributed by atoms with Crippen molar-refractivity contribution >= 4 is 5.69 Å². The first-order valence-electron chi connectivity index (χ1n) is 5.33. The minimum absolute atomic E-state index is 0.206. The zero-order chi connectivity index (χ0) is 11.0. The first kappa shape index (κ1) is 10.3. The highest BCUT2D eigenvalue weighted by atomic mass is 16.5. The molecule has 1 aliphatic rings. The quantitative estimate of drug-likeness (QED) is 0.742. The largest absolute Gasteiger partial charge is 0.484 e. The summed E-state index contributed by atoms with van der Waals surface area (Å²) in [6, 6.07) is 6.06. The monoisotopic (exact) mass is 207 g/mol. The zero-order valence-corrected chi connectivity index (χ0v) is 9.32. The second-order valence-corrected chi connectivity index (χ2v) is 4.32. The van der Waals surface area contributed by atoms with Crippen molar-refractivity contribution in [2.24, 2.45) is 0 Å². The first-order chi connectivity index (χ1) is 7.08. The predicted octanol–water partition coefficient (Wildman–Crippen LogP) is 2.32. The van der Waals surface area contributed by atoms with E-state index < -0.39 is 6.23 Å². The molecule has 0 aromatic heterocycles. The summed E-state index contributed by atoms with van der Waals surface area (Å²) < 4.78 is 5.57. The summed E-state index contributed by atoms with van der Waals surface area (Å²) in [6.07, 6.45) is -0.831. The number of hydrogen-bond donors (Lipinski definition) is 2. The van der Waals surface area contributed by atoms with Crippen LogP contribution in [0.1, 0.15) is 32.3 Å². The van der Waals surface area contributed by atoms with Crippen LogP contribution in [0.25, 0.3) is 0 Å². The molecule has 2 unspecified atom stereocenters. The molecule has 2 N–H and O–H groups in total. The van der Waals surface area contributed by atoms with E-state index in [-0.39, 0.29) is 6.10 Å². The van der Waals surface area contributed by atoms with Gasteiger partial charge in [0.2, 0.25) is 0 Å². The minimum atomic E-state index is -0.625. The fourth-order valence-electron chi connectivity index (χ4n) is 1.66. The van der Waals surface area contributed by atoms with Crippen LogP contribution >= 0.6 is 0 Å². The number of benzene rings is 1. The summed E-state index contributed by atoms with van der Waals surface area (Å²) in [6.45, 7) is 6.13. The molecule has 0 amide bonds. The van der Waals surface area contributed by atoms with E-state index in [9.17, 15) is 5.11 Å². The molecule has 1 heterocycles. The van der Waals surface area contributed by atoms with E-state index in [0.717, 1.165) is 11.4 Å². The fourth-order valence-corrected chi connectivity index (χ4v) is 1.66. The van der Waals surface area contributed by atoms with Crippen molar-refractivity contribution in [2.75, 3.05) is 5.32 Å². The van der Waals surface area contributed by atoms with E-state index in [0.29, 0.717) is 5.92 Å². The lowest BCUT2D eigenvalue weighted by Gasteiger charge is -2.30. The fraction of sp³-hybridized carbons (Fsp3) is 0.500. The molecule has 1 aliphatic heterocycles. The lowest BCUT2D eigenvalue weighted by Crippen LogP contribution is -2.39. The summed E-state index contributed by atoms with van der Waals surface area (Å²) in [4.78, 5) is 0. The maximum Gasteiger partial charge on any atom is 0.161 e. The lowest BCUT2D eigenvalue weighted by atomic mass is 10.0. The summed E-state index contributed by atoms with van der Waals surface area (Å²) in [7, 11) is 0. The maximum atomic E-state index is 9.62.